The average molecular weight is 356 g/mol. The lowest BCUT2D eigenvalue weighted by Crippen LogP contribution is -2.44. The van der Waals surface area contributed by atoms with Crippen molar-refractivity contribution in [2.24, 2.45) is 10.9 Å². The molecule has 18 heavy (non-hydrogen) atoms. The second kappa shape index (κ2) is 6.00. The lowest BCUT2D eigenvalue weighted by atomic mass is 10.2. The molecular formula is C9H14BrN3O3S2. The molecule has 0 radical (unpaired) electrons. The van der Waals surface area contributed by atoms with Crippen molar-refractivity contribution in [3.8, 4) is 0 Å². The number of amidine groups is 1. The van der Waals surface area contributed by atoms with Crippen LogP contribution >= 0.6 is 27.3 Å². The molecule has 0 fully saturated rings. The fraction of sp³-hybridized carbons (Fsp3) is 0.444. The van der Waals surface area contributed by atoms with Crippen LogP contribution in [0.1, 0.15) is 18.2 Å². The van der Waals surface area contributed by atoms with E-state index in [0.29, 0.717) is 11.3 Å². The first-order valence-corrected chi connectivity index (χ1v) is 8.16. The quantitative estimate of drug-likeness (QED) is 0.323. The first kappa shape index (κ1) is 15.4. The minimum atomic E-state index is -3.68. The molecule has 102 valence electrons. The van der Waals surface area contributed by atoms with Gasteiger partial charge in [0.25, 0.3) is 0 Å². The van der Waals surface area contributed by atoms with Crippen LogP contribution in [0, 0.1) is 6.92 Å². The number of aryl methyl sites for hydroxylation is 1. The molecule has 0 aromatic carbocycles. The molecule has 1 aromatic heterocycles. The summed E-state index contributed by atoms with van der Waals surface area (Å²) in [6, 6.07) is 0.805. The SMILES string of the molecule is CCC(NS(=O)(=O)c1cc(Br)sc1C)C(N)=NO. The van der Waals surface area contributed by atoms with Crippen molar-refractivity contribution in [1.29, 1.82) is 0 Å². The van der Waals surface area contributed by atoms with E-state index < -0.39 is 16.1 Å². The van der Waals surface area contributed by atoms with Gasteiger partial charge in [0.2, 0.25) is 10.0 Å². The normalized spacial score (nSPS) is 14.7. The Morgan fingerprint density at radius 3 is 2.72 bits per heavy atom. The minimum Gasteiger partial charge on any atom is -0.409 e. The summed E-state index contributed by atoms with van der Waals surface area (Å²) >= 11 is 4.57. The molecule has 0 aliphatic heterocycles. The highest BCUT2D eigenvalue weighted by Crippen LogP contribution is 2.29. The number of rotatable bonds is 5. The first-order chi connectivity index (χ1) is 8.31. The van der Waals surface area contributed by atoms with Crippen LogP contribution in [0.15, 0.2) is 19.9 Å². The van der Waals surface area contributed by atoms with E-state index in [1.54, 1.807) is 13.8 Å². The molecule has 0 spiro atoms. The summed E-state index contributed by atoms with van der Waals surface area (Å²) < 4.78 is 27.4. The smallest absolute Gasteiger partial charge is 0.242 e. The second-order valence-electron chi connectivity index (χ2n) is 3.58. The van der Waals surface area contributed by atoms with E-state index in [4.69, 9.17) is 10.9 Å². The number of nitrogens with one attached hydrogen (secondary N) is 1. The van der Waals surface area contributed by atoms with Gasteiger partial charge in [-0.05, 0) is 35.3 Å². The van der Waals surface area contributed by atoms with E-state index in [2.05, 4.69) is 25.8 Å². The van der Waals surface area contributed by atoms with Crippen LogP contribution in [-0.2, 0) is 10.0 Å². The molecule has 0 aliphatic carbocycles. The van der Waals surface area contributed by atoms with Gasteiger partial charge < -0.3 is 10.9 Å². The molecule has 1 heterocycles. The Hall–Kier alpha value is -0.640. The van der Waals surface area contributed by atoms with Gasteiger partial charge in [-0.3, -0.25) is 0 Å². The Labute approximate surface area is 118 Å². The number of nitrogens with two attached hydrogens (primary N) is 1. The molecule has 0 saturated heterocycles. The molecule has 1 aromatic rings. The van der Waals surface area contributed by atoms with Gasteiger partial charge in [0.05, 0.1) is 14.7 Å². The standard InChI is InChI=1S/C9H14BrN3O3S2/c1-3-6(9(11)12-14)13-18(15,16)7-4-8(10)17-5(7)2/h4,6,13-14H,3H2,1-2H3,(H2,11,12). The van der Waals surface area contributed by atoms with Gasteiger partial charge in [-0.25, -0.2) is 13.1 Å². The Kier molecular flexibility index (Phi) is 5.14. The predicted octanol–water partition coefficient (Wildman–Crippen LogP) is 1.62. The lowest BCUT2D eigenvalue weighted by molar-refractivity contribution is 0.315. The van der Waals surface area contributed by atoms with Crippen LogP contribution in [0.2, 0.25) is 0 Å². The molecule has 6 nitrogen and oxygen atoms in total. The number of hydrogen-bond acceptors (Lipinski definition) is 5. The number of hydrogen-bond donors (Lipinski definition) is 3. The highest BCUT2D eigenvalue weighted by Gasteiger charge is 2.24. The lowest BCUT2D eigenvalue weighted by Gasteiger charge is -2.15. The molecule has 0 amide bonds. The van der Waals surface area contributed by atoms with Gasteiger partial charge in [-0.15, -0.1) is 11.3 Å². The van der Waals surface area contributed by atoms with E-state index in [-0.39, 0.29) is 10.7 Å². The van der Waals surface area contributed by atoms with Crippen molar-refractivity contribution >= 4 is 43.1 Å². The summed E-state index contributed by atoms with van der Waals surface area (Å²) in [6.45, 7) is 3.45. The predicted molar refractivity (Wildman–Crippen MR) is 74.6 cm³/mol. The molecule has 0 saturated carbocycles. The van der Waals surface area contributed by atoms with E-state index in [0.717, 1.165) is 3.79 Å². The highest BCUT2D eigenvalue weighted by molar-refractivity contribution is 9.11. The fourth-order valence-electron chi connectivity index (χ4n) is 1.37. The zero-order chi connectivity index (χ0) is 13.9. The minimum absolute atomic E-state index is 0.159. The summed E-state index contributed by atoms with van der Waals surface area (Å²) in [5.41, 5.74) is 5.42. The molecule has 1 unspecified atom stereocenters. The van der Waals surface area contributed by atoms with Crippen molar-refractivity contribution in [1.82, 2.24) is 4.72 Å². The van der Waals surface area contributed by atoms with Crippen LogP contribution in [0.5, 0.6) is 0 Å². The summed E-state index contributed by atoms with van der Waals surface area (Å²) in [5, 5.41) is 11.4. The van der Waals surface area contributed by atoms with Crippen LogP contribution in [0.4, 0.5) is 0 Å². The topological polar surface area (TPSA) is 105 Å². The van der Waals surface area contributed by atoms with Gasteiger partial charge in [-0.2, -0.15) is 0 Å². The van der Waals surface area contributed by atoms with Crippen LogP contribution in [0.25, 0.3) is 0 Å². The third-order valence-electron chi connectivity index (χ3n) is 2.31. The Bertz CT molecular complexity index is 553. The Morgan fingerprint density at radius 1 is 1.72 bits per heavy atom. The third-order valence-corrected chi connectivity index (χ3v) is 5.59. The zero-order valence-electron chi connectivity index (χ0n) is 9.84. The molecule has 4 N–H and O–H groups in total. The van der Waals surface area contributed by atoms with Crippen molar-refractivity contribution in [3.05, 3.63) is 14.7 Å². The van der Waals surface area contributed by atoms with Crippen molar-refractivity contribution in [3.63, 3.8) is 0 Å². The Balaban J connectivity index is 3.05. The van der Waals surface area contributed by atoms with Crippen molar-refractivity contribution in [2.45, 2.75) is 31.2 Å². The molecule has 9 heteroatoms. The second-order valence-corrected chi connectivity index (χ2v) is 7.90. The van der Waals surface area contributed by atoms with Gasteiger partial charge in [0.15, 0.2) is 5.84 Å². The van der Waals surface area contributed by atoms with E-state index in [1.807, 2.05) is 0 Å². The summed E-state index contributed by atoms with van der Waals surface area (Å²) in [7, 11) is -3.68. The Morgan fingerprint density at radius 2 is 2.33 bits per heavy atom. The average Bonchev–Trinajstić information content (AvgIpc) is 2.65. The van der Waals surface area contributed by atoms with Crippen molar-refractivity contribution in [2.75, 3.05) is 0 Å². The molecule has 0 aliphatic rings. The first-order valence-electron chi connectivity index (χ1n) is 5.07. The monoisotopic (exact) mass is 355 g/mol. The maximum Gasteiger partial charge on any atom is 0.242 e. The molecule has 0 bridgehead atoms. The summed E-state index contributed by atoms with van der Waals surface area (Å²) in [6.07, 6.45) is 0.388. The van der Waals surface area contributed by atoms with Gasteiger partial charge >= 0.3 is 0 Å². The van der Waals surface area contributed by atoms with Gasteiger partial charge in [-0.1, -0.05) is 12.1 Å². The number of thiophene rings is 1. The number of sulfonamides is 1. The number of oxime groups is 1. The maximum atomic E-state index is 12.1. The van der Waals surface area contributed by atoms with Gasteiger partial charge in [0, 0.05) is 4.88 Å². The van der Waals surface area contributed by atoms with Crippen LogP contribution < -0.4 is 10.5 Å². The number of halogens is 1. The molecular weight excluding hydrogens is 342 g/mol. The summed E-state index contributed by atoms with van der Waals surface area (Å²) in [5.74, 6) is -0.159. The highest BCUT2D eigenvalue weighted by atomic mass is 79.9. The summed E-state index contributed by atoms with van der Waals surface area (Å²) in [4.78, 5) is 0.868. The molecule has 1 atom stereocenters. The fourth-order valence-corrected chi connectivity index (χ4v) is 5.08. The van der Waals surface area contributed by atoms with Gasteiger partial charge in [0.1, 0.15) is 0 Å². The van der Waals surface area contributed by atoms with Crippen LogP contribution in [-0.4, -0.2) is 25.5 Å². The largest absolute Gasteiger partial charge is 0.409 e. The van der Waals surface area contributed by atoms with E-state index in [1.165, 1.54) is 17.4 Å². The maximum absolute atomic E-state index is 12.1. The zero-order valence-corrected chi connectivity index (χ0v) is 13.1. The number of nitrogens with zero attached hydrogens (tertiary/aromatic N) is 1. The van der Waals surface area contributed by atoms with E-state index >= 15 is 0 Å². The van der Waals surface area contributed by atoms with E-state index in [9.17, 15) is 8.42 Å². The molecule has 1 rings (SSSR count). The van der Waals surface area contributed by atoms with Crippen molar-refractivity contribution < 1.29 is 13.6 Å². The third kappa shape index (κ3) is 3.44. The van der Waals surface area contributed by atoms with Crippen LogP contribution in [0.3, 0.4) is 0 Å².